The number of rotatable bonds is 8. The van der Waals surface area contributed by atoms with E-state index in [0.717, 1.165) is 12.2 Å². The fraction of sp³-hybridized carbons (Fsp3) is 0.263. The van der Waals surface area contributed by atoms with Crippen molar-refractivity contribution in [1.29, 1.82) is 0 Å². The molecule has 1 aromatic carbocycles. The van der Waals surface area contributed by atoms with Crippen LogP contribution in [0.5, 0.6) is 0 Å². The number of anilines is 1. The fourth-order valence-electron chi connectivity index (χ4n) is 2.65. The summed E-state index contributed by atoms with van der Waals surface area (Å²) in [6.45, 7) is 3.31. The van der Waals surface area contributed by atoms with E-state index in [1.54, 1.807) is 34.7 Å². The summed E-state index contributed by atoms with van der Waals surface area (Å²) < 4.78 is 0. The lowest BCUT2D eigenvalue weighted by Gasteiger charge is -2.21. The van der Waals surface area contributed by atoms with E-state index >= 15 is 0 Å². The molecule has 0 radical (unpaired) electrons. The van der Waals surface area contributed by atoms with Gasteiger partial charge >= 0.3 is 0 Å². The highest BCUT2D eigenvalue weighted by atomic mass is 32.1. The third kappa shape index (κ3) is 4.50. The van der Waals surface area contributed by atoms with Gasteiger partial charge in [0.1, 0.15) is 5.82 Å². The Hall–Kier alpha value is -2.64. The van der Waals surface area contributed by atoms with Gasteiger partial charge in [0.25, 0.3) is 5.91 Å². The Morgan fingerprint density at radius 2 is 2.27 bits per heavy atom. The number of aromatic amines is 1. The topological polar surface area (TPSA) is 81.2 Å². The number of aliphatic hydroxyl groups is 1. The highest BCUT2D eigenvalue weighted by Crippen LogP contribution is 2.19. The monoisotopic (exact) mass is 370 g/mol. The maximum Gasteiger partial charge on any atom is 0.254 e. The molecule has 0 spiro atoms. The maximum atomic E-state index is 12.8. The van der Waals surface area contributed by atoms with Crippen molar-refractivity contribution in [1.82, 2.24) is 14.9 Å². The second-order valence-corrected chi connectivity index (χ2v) is 6.95. The lowest BCUT2D eigenvalue weighted by molar-refractivity contribution is 0.0703. The van der Waals surface area contributed by atoms with Gasteiger partial charge in [0.2, 0.25) is 0 Å². The fourth-order valence-corrected chi connectivity index (χ4v) is 3.50. The Balaban J connectivity index is 1.70. The number of nitrogens with one attached hydrogen (secondary N) is 2. The standard InChI is InChI=1S/C19H22N4O2S/c1-14-5-10-26-17(14)12-22-16-4-2-3-15(11-16)19(25)23(8-9-24)13-18-20-6-7-21-18/h2-7,10-11,22,24H,8-9,12-13H2,1H3,(H,20,21). The zero-order valence-corrected chi connectivity index (χ0v) is 15.4. The summed E-state index contributed by atoms with van der Waals surface area (Å²) in [5.74, 6) is 0.556. The van der Waals surface area contributed by atoms with Crippen molar-refractivity contribution in [2.75, 3.05) is 18.5 Å². The van der Waals surface area contributed by atoms with Gasteiger partial charge in [-0.1, -0.05) is 6.07 Å². The predicted octanol–water partition coefficient (Wildman–Crippen LogP) is 3.03. The molecular weight excluding hydrogens is 348 g/mol. The van der Waals surface area contributed by atoms with Gasteiger partial charge in [-0.15, -0.1) is 11.3 Å². The van der Waals surface area contributed by atoms with Crippen LogP contribution in [0.15, 0.2) is 48.1 Å². The Kier molecular flexibility index (Phi) is 6.04. The molecule has 0 atom stereocenters. The molecule has 136 valence electrons. The molecule has 26 heavy (non-hydrogen) atoms. The smallest absolute Gasteiger partial charge is 0.254 e. The molecule has 0 bridgehead atoms. The summed E-state index contributed by atoms with van der Waals surface area (Å²) >= 11 is 1.72. The number of amides is 1. The second-order valence-electron chi connectivity index (χ2n) is 5.95. The molecule has 3 rings (SSSR count). The molecule has 3 N–H and O–H groups in total. The van der Waals surface area contributed by atoms with E-state index < -0.39 is 0 Å². The lowest BCUT2D eigenvalue weighted by Crippen LogP contribution is -2.33. The molecule has 2 aromatic heterocycles. The number of H-pyrrole nitrogens is 1. The molecule has 3 aromatic rings. The number of carbonyl (C=O) groups excluding carboxylic acids is 1. The minimum atomic E-state index is -0.133. The van der Waals surface area contributed by atoms with Crippen molar-refractivity contribution in [2.45, 2.75) is 20.0 Å². The number of carbonyl (C=O) groups is 1. The van der Waals surface area contributed by atoms with Crippen LogP contribution in [0.4, 0.5) is 5.69 Å². The third-order valence-corrected chi connectivity index (χ3v) is 5.11. The van der Waals surface area contributed by atoms with Crippen LogP contribution in [0.3, 0.4) is 0 Å². The summed E-state index contributed by atoms with van der Waals surface area (Å²) in [4.78, 5) is 22.9. The molecule has 6 nitrogen and oxygen atoms in total. The van der Waals surface area contributed by atoms with Gasteiger partial charge in [-0.25, -0.2) is 4.98 Å². The first-order chi connectivity index (χ1) is 12.7. The normalized spacial score (nSPS) is 10.7. The molecule has 0 fully saturated rings. The van der Waals surface area contributed by atoms with Crippen molar-refractivity contribution in [3.63, 3.8) is 0 Å². The summed E-state index contributed by atoms with van der Waals surface area (Å²) in [7, 11) is 0. The molecule has 0 saturated heterocycles. The number of hydrogen-bond donors (Lipinski definition) is 3. The van der Waals surface area contributed by atoms with E-state index in [1.807, 2.05) is 18.2 Å². The van der Waals surface area contributed by atoms with Crippen molar-refractivity contribution in [2.24, 2.45) is 0 Å². The average molecular weight is 370 g/mol. The highest BCUT2D eigenvalue weighted by Gasteiger charge is 2.17. The number of aryl methyl sites for hydroxylation is 1. The maximum absolute atomic E-state index is 12.8. The number of imidazole rings is 1. The summed E-state index contributed by atoms with van der Waals surface area (Å²) in [6, 6.07) is 9.54. The average Bonchev–Trinajstić information content (AvgIpc) is 3.31. The van der Waals surface area contributed by atoms with Gasteiger partial charge in [0, 0.05) is 41.6 Å². The van der Waals surface area contributed by atoms with E-state index in [4.69, 9.17) is 0 Å². The van der Waals surface area contributed by atoms with Crippen molar-refractivity contribution in [3.8, 4) is 0 Å². The van der Waals surface area contributed by atoms with Crippen LogP contribution in [0, 0.1) is 6.92 Å². The number of aliphatic hydroxyl groups excluding tert-OH is 1. The first-order valence-corrected chi connectivity index (χ1v) is 9.30. The number of hydrogen-bond acceptors (Lipinski definition) is 5. The van der Waals surface area contributed by atoms with Crippen molar-refractivity contribution < 1.29 is 9.90 Å². The zero-order chi connectivity index (χ0) is 18.4. The number of aromatic nitrogens is 2. The molecule has 0 unspecified atom stereocenters. The third-order valence-electron chi connectivity index (χ3n) is 4.08. The van der Waals surface area contributed by atoms with Gasteiger partial charge in [-0.3, -0.25) is 4.79 Å². The zero-order valence-electron chi connectivity index (χ0n) is 14.6. The van der Waals surface area contributed by atoms with Gasteiger partial charge in [0.05, 0.1) is 13.2 Å². The van der Waals surface area contributed by atoms with Gasteiger partial charge in [0.15, 0.2) is 0 Å². The molecule has 0 aliphatic rings. The summed E-state index contributed by atoms with van der Waals surface area (Å²) in [5, 5.41) is 14.7. The predicted molar refractivity (Wildman–Crippen MR) is 103 cm³/mol. The van der Waals surface area contributed by atoms with E-state index in [2.05, 4.69) is 33.7 Å². The Morgan fingerprint density at radius 3 is 2.96 bits per heavy atom. The van der Waals surface area contributed by atoms with Crippen LogP contribution in [0.25, 0.3) is 0 Å². The van der Waals surface area contributed by atoms with Crippen LogP contribution >= 0.6 is 11.3 Å². The van der Waals surface area contributed by atoms with Crippen LogP contribution in [0.1, 0.15) is 26.6 Å². The van der Waals surface area contributed by atoms with Crippen LogP contribution in [-0.4, -0.2) is 39.0 Å². The van der Waals surface area contributed by atoms with Crippen LogP contribution < -0.4 is 5.32 Å². The van der Waals surface area contributed by atoms with E-state index in [9.17, 15) is 9.90 Å². The van der Waals surface area contributed by atoms with Crippen LogP contribution in [0.2, 0.25) is 0 Å². The molecule has 0 saturated carbocycles. The van der Waals surface area contributed by atoms with E-state index in [1.165, 1.54) is 10.4 Å². The first-order valence-electron chi connectivity index (χ1n) is 8.42. The largest absolute Gasteiger partial charge is 0.395 e. The number of nitrogens with zero attached hydrogens (tertiary/aromatic N) is 2. The highest BCUT2D eigenvalue weighted by molar-refractivity contribution is 7.10. The summed E-state index contributed by atoms with van der Waals surface area (Å²) in [5.41, 5.74) is 2.74. The van der Waals surface area contributed by atoms with Crippen molar-refractivity contribution >= 4 is 22.9 Å². The SMILES string of the molecule is Cc1ccsc1CNc1cccc(C(=O)N(CCO)Cc2ncc[nH]2)c1. The second kappa shape index (κ2) is 8.64. The van der Waals surface area contributed by atoms with Gasteiger partial charge in [-0.2, -0.15) is 0 Å². The number of benzene rings is 1. The summed E-state index contributed by atoms with van der Waals surface area (Å²) in [6.07, 6.45) is 3.36. The Bertz CT molecular complexity index is 845. The van der Waals surface area contributed by atoms with E-state index in [0.29, 0.717) is 17.9 Å². The first kappa shape index (κ1) is 18.2. The Labute approximate surface area is 156 Å². The number of thiophene rings is 1. The lowest BCUT2D eigenvalue weighted by atomic mass is 10.1. The molecule has 1 amide bonds. The molecule has 0 aliphatic heterocycles. The Morgan fingerprint density at radius 1 is 1.38 bits per heavy atom. The quantitative estimate of drug-likeness (QED) is 0.569. The minimum absolute atomic E-state index is 0.0952. The van der Waals surface area contributed by atoms with Crippen LogP contribution in [-0.2, 0) is 13.1 Å². The van der Waals surface area contributed by atoms with Gasteiger partial charge in [-0.05, 0) is 42.1 Å². The minimum Gasteiger partial charge on any atom is -0.395 e. The molecule has 7 heteroatoms. The molecule has 0 aliphatic carbocycles. The van der Waals surface area contributed by atoms with Gasteiger partial charge < -0.3 is 20.3 Å². The van der Waals surface area contributed by atoms with E-state index in [-0.39, 0.29) is 19.1 Å². The van der Waals surface area contributed by atoms with Crippen molar-refractivity contribution in [3.05, 3.63) is 69.9 Å². The molecular formula is C19H22N4O2S. The molecule has 2 heterocycles.